The van der Waals surface area contributed by atoms with Crippen LogP contribution in [0.25, 0.3) is 0 Å². The Kier molecular flexibility index (Phi) is 5.00. The quantitative estimate of drug-likeness (QED) is 0.697. The summed E-state index contributed by atoms with van der Waals surface area (Å²) >= 11 is -2.73. The van der Waals surface area contributed by atoms with Gasteiger partial charge in [0.15, 0.2) is 0 Å². The van der Waals surface area contributed by atoms with Crippen molar-refractivity contribution in [1.29, 1.82) is 0 Å². The van der Waals surface area contributed by atoms with Gasteiger partial charge in [0.2, 0.25) is 0 Å². The molecule has 0 aliphatic carbocycles. The summed E-state index contributed by atoms with van der Waals surface area (Å²) < 4.78 is 39.2. The monoisotopic (exact) mass is 408 g/mol. The van der Waals surface area contributed by atoms with Crippen LogP contribution in [0, 0.1) is 31.2 Å². The maximum atomic E-state index is 11.0. The second-order valence-corrected chi connectivity index (χ2v) is 10.1. The third-order valence-electron chi connectivity index (χ3n) is 2.55. The van der Waals surface area contributed by atoms with Crippen molar-refractivity contribution in [1.82, 2.24) is 0 Å². The molecule has 0 radical (unpaired) electrons. The Bertz CT molecular complexity index is 518. The van der Waals surface area contributed by atoms with E-state index in [1.165, 1.54) is 0 Å². The minimum atomic E-state index is -4.43. The van der Waals surface area contributed by atoms with Crippen molar-refractivity contribution in [3.8, 4) is 0 Å². The van der Waals surface area contributed by atoms with Gasteiger partial charge in [-0.05, 0) is 0 Å². The van der Waals surface area contributed by atoms with Crippen LogP contribution in [0.4, 0.5) is 0 Å². The summed E-state index contributed by atoms with van der Waals surface area (Å²) in [5.41, 5.74) is 2.13. The fourth-order valence-corrected chi connectivity index (χ4v) is 6.96. The average Bonchev–Trinajstić information content (AvgIpc) is 2.37. The van der Waals surface area contributed by atoms with Gasteiger partial charge in [0, 0.05) is 0 Å². The van der Waals surface area contributed by atoms with Crippen LogP contribution in [0.3, 0.4) is 0 Å². The van der Waals surface area contributed by atoms with E-state index in [1.807, 2.05) is 62.4 Å². The van der Waals surface area contributed by atoms with E-state index < -0.39 is 30.5 Å². The van der Waals surface area contributed by atoms with Gasteiger partial charge >= 0.3 is 128 Å². The van der Waals surface area contributed by atoms with Crippen molar-refractivity contribution in [3.63, 3.8) is 0 Å². The van der Waals surface area contributed by atoms with E-state index in [9.17, 15) is 14.0 Å². The predicted molar refractivity (Wildman–Crippen MR) is 74.9 cm³/mol. The summed E-state index contributed by atoms with van der Waals surface area (Å²) in [6.45, 7) is 3.88. The van der Waals surface area contributed by atoms with Crippen LogP contribution in [0.15, 0.2) is 48.5 Å². The second-order valence-electron chi connectivity index (χ2n) is 4.28. The fraction of sp³-hybridized carbons (Fsp3) is 0.143. The van der Waals surface area contributed by atoms with Crippen molar-refractivity contribution < 1.29 is 26.8 Å². The zero-order chi connectivity index (χ0) is 14.8. The molecule has 0 aliphatic heterocycles. The van der Waals surface area contributed by atoms with Gasteiger partial charge in [0.05, 0.1) is 0 Å². The van der Waals surface area contributed by atoms with Gasteiger partial charge in [-0.15, -0.1) is 0 Å². The molecule has 0 N–H and O–H groups in total. The molecular weight excluding hydrogens is 395 g/mol. The summed E-state index contributed by atoms with van der Waals surface area (Å²) in [6, 6.07) is 14.8. The van der Waals surface area contributed by atoms with Crippen LogP contribution in [-0.2, 0) is 2.62 Å². The van der Waals surface area contributed by atoms with E-state index in [-0.39, 0.29) is 0 Å². The second kappa shape index (κ2) is 6.38. The van der Waals surface area contributed by atoms with Crippen LogP contribution in [-0.4, -0.2) is 0 Å². The first kappa shape index (κ1) is 15.7. The van der Waals surface area contributed by atoms with Gasteiger partial charge in [-0.25, -0.2) is 0 Å². The standard InChI is InChI=1S/C14H14ClIO4/c1-11-3-7-13(8-4-11)16(20-15(17,18)19)14-9-5-12(2)6-10-14/h3-10H,1-2H3. The SMILES string of the molecule is Cc1ccc(I(O[Cl+3]([O-])([O-])[O-])c2ccc(C)cc2)cc1. The summed E-state index contributed by atoms with van der Waals surface area (Å²) in [6.07, 6.45) is 0. The molecule has 4 nitrogen and oxygen atoms in total. The summed E-state index contributed by atoms with van der Waals surface area (Å²) in [5.74, 6) is 0. The van der Waals surface area contributed by atoms with E-state index in [2.05, 4.69) is 0 Å². The van der Waals surface area contributed by atoms with Gasteiger partial charge in [-0.1, -0.05) is 0 Å². The molecule has 0 unspecified atom stereocenters. The van der Waals surface area contributed by atoms with Crippen molar-refractivity contribution in [2.24, 2.45) is 0 Å². The molecule has 0 fully saturated rings. The van der Waals surface area contributed by atoms with Gasteiger partial charge in [-0.3, -0.25) is 0 Å². The number of aryl methyl sites for hydroxylation is 2. The third kappa shape index (κ3) is 4.41. The van der Waals surface area contributed by atoms with E-state index in [0.717, 1.165) is 18.3 Å². The van der Waals surface area contributed by atoms with Gasteiger partial charge < -0.3 is 0 Å². The topological polar surface area (TPSA) is 78.4 Å². The Balaban J connectivity index is 2.38. The maximum absolute atomic E-state index is 11.0. The molecule has 0 bridgehead atoms. The van der Waals surface area contributed by atoms with Crippen LogP contribution in [0.5, 0.6) is 0 Å². The number of hydrogen-bond donors (Lipinski definition) is 0. The van der Waals surface area contributed by atoms with Crippen LogP contribution >= 0.6 is 20.2 Å². The van der Waals surface area contributed by atoms with Gasteiger partial charge in [0.1, 0.15) is 0 Å². The first-order valence-corrected chi connectivity index (χ1v) is 10.1. The Morgan fingerprint density at radius 2 is 1.10 bits per heavy atom. The first-order valence-electron chi connectivity index (χ1n) is 5.79. The predicted octanol–water partition coefficient (Wildman–Crippen LogP) is 0.678. The molecule has 0 aromatic heterocycles. The van der Waals surface area contributed by atoms with Crippen molar-refractivity contribution in [3.05, 3.63) is 66.8 Å². The zero-order valence-corrected chi connectivity index (χ0v) is 13.9. The molecule has 0 saturated heterocycles. The molecule has 0 spiro atoms. The van der Waals surface area contributed by atoms with E-state index in [4.69, 9.17) is 2.62 Å². The number of rotatable bonds is 4. The van der Waals surface area contributed by atoms with E-state index >= 15 is 0 Å². The molecule has 2 aromatic rings. The molecular formula is C14H14ClIO4. The number of benzene rings is 2. The molecule has 0 heterocycles. The molecule has 0 aliphatic rings. The van der Waals surface area contributed by atoms with E-state index in [0.29, 0.717) is 0 Å². The number of hydrogen-bond acceptors (Lipinski definition) is 4. The molecule has 2 rings (SSSR count). The third-order valence-corrected chi connectivity index (χ3v) is 8.73. The molecule has 0 saturated carbocycles. The molecule has 0 atom stereocenters. The van der Waals surface area contributed by atoms with Crippen LogP contribution in [0.1, 0.15) is 11.1 Å². The van der Waals surface area contributed by atoms with Crippen LogP contribution < -0.4 is 14.0 Å². The first-order chi connectivity index (χ1) is 9.35. The number of halogens is 2. The van der Waals surface area contributed by atoms with Crippen molar-refractivity contribution >= 4 is 20.2 Å². The summed E-state index contributed by atoms with van der Waals surface area (Å²) in [4.78, 5) is 0. The van der Waals surface area contributed by atoms with Gasteiger partial charge in [-0.2, -0.15) is 0 Å². The minimum absolute atomic E-state index is 0.774. The Hall–Kier alpha value is -0.700. The molecule has 20 heavy (non-hydrogen) atoms. The van der Waals surface area contributed by atoms with E-state index in [1.54, 1.807) is 0 Å². The van der Waals surface area contributed by atoms with Crippen molar-refractivity contribution in [2.75, 3.05) is 0 Å². The normalized spacial score (nSPS) is 12.3. The summed E-state index contributed by atoms with van der Waals surface area (Å²) in [5, 5.41) is 0. The fourth-order valence-electron chi connectivity index (χ4n) is 1.56. The molecule has 0 amide bonds. The molecule has 6 heteroatoms. The molecule has 2 aromatic carbocycles. The summed E-state index contributed by atoms with van der Waals surface area (Å²) in [7, 11) is -4.43. The Labute approximate surface area is 127 Å². The molecule has 108 valence electrons. The van der Waals surface area contributed by atoms with Crippen LogP contribution in [0.2, 0.25) is 0 Å². The van der Waals surface area contributed by atoms with Gasteiger partial charge in [0.25, 0.3) is 0 Å². The Morgan fingerprint density at radius 3 is 1.40 bits per heavy atom. The van der Waals surface area contributed by atoms with Crippen molar-refractivity contribution in [2.45, 2.75) is 13.8 Å². The average molecular weight is 409 g/mol. The zero-order valence-electron chi connectivity index (χ0n) is 11.0. The Morgan fingerprint density at radius 1 is 0.750 bits per heavy atom.